The number of aryl methyl sites for hydroxylation is 1. The van der Waals surface area contributed by atoms with Crippen molar-refractivity contribution in [1.82, 2.24) is 34.9 Å². The Morgan fingerprint density at radius 1 is 1.26 bits per heavy atom. The van der Waals surface area contributed by atoms with Crippen molar-refractivity contribution in [2.24, 2.45) is 7.05 Å². The number of carbonyl (C=O) groups is 1. The number of hydrogen-bond donors (Lipinski definition) is 1. The zero-order valence-electron chi connectivity index (χ0n) is 13.3. The molecule has 1 saturated heterocycles. The standard InChI is InChI=1S/C14H20N8O/c1-11(13-19-17-10-20(13)2)18-14(23)22-7-5-21(6-8-22)12-9-15-3-4-16-12/h3-4,9-11H,5-8H2,1-2H3,(H,18,23). The SMILES string of the molecule is CC(NC(=O)N1CCN(c2cnccn2)CC1)c1nncn1C. The minimum Gasteiger partial charge on any atom is -0.352 e. The van der Waals surface area contributed by atoms with Gasteiger partial charge >= 0.3 is 6.03 Å². The first kappa shape index (κ1) is 15.2. The summed E-state index contributed by atoms with van der Waals surface area (Å²) >= 11 is 0. The first-order chi connectivity index (χ1) is 11.1. The number of urea groups is 1. The summed E-state index contributed by atoms with van der Waals surface area (Å²) < 4.78 is 1.80. The molecule has 0 aromatic carbocycles. The van der Waals surface area contributed by atoms with Crippen molar-refractivity contribution in [3.63, 3.8) is 0 Å². The van der Waals surface area contributed by atoms with Crippen molar-refractivity contribution in [2.75, 3.05) is 31.1 Å². The molecule has 1 atom stereocenters. The number of rotatable bonds is 3. The van der Waals surface area contributed by atoms with Crippen LogP contribution in [0.2, 0.25) is 0 Å². The molecule has 9 heteroatoms. The molecule has 0 bridgehead atoms. The van der Waals surface area contributed by atoms with Crippen LogP contribution in [-0.4, -0.2) is 61.8 Å². The Kier molecular flexibility index (Phi) is 4.35. The summed E-state index contributed by atoms with van der Waals surface area (Å²) in [5.74, 6) is 1.58. The Morgan fingerprint density at radius 2 is 2.04 bits per heavy atom. The summed E-state index contributed by atoms with van der Waals surface area (Å²) in [6.45, 7) is 4.68. The maximum Gasteiger partial charge on any atom is 0.318 e. The van der Waals surface area contributed by atoms with Gasteiger partial charge in [0, 0.05) is 45.6 Å². The summed E-state index contributed by atoms with van der Waals surface area (Å²) in [6.07, 6.45) is 6.70. The third-order valence-corrected chi connectivity index (χ3v) is 3.91. The number of amides is 2. The van der Waals surface area contributed by atoms with Crippen LogP contribution < -0.4 is 10.2 Å². The fraction of sp³-hybridized carbons (Fsp3) is 0.500. The van der Waals surface area contributed by atoms with E-state index in [9.17, 15) is 4.79 Å². The van der Waals surface area contributed by atoms with Gasteiger partial charge in [-0.2, -0.15) is 0 Å². The third kappa shape index (κ3) is 3.38. The van der Waals surface area contributed by atoms with Crippen molar-refractivity contribution in [2.45, 2.75) is 13.0 Å². The van der Waals surface area contributed by atoms with Crippen LogP contribution >= 0.6 is 0 Å². The van der Waals surface area contributed by atoms with Gasteiger partial charge in [-0.05, 0) is 6.92 Å². The van der Waals surface area contributed by atoms with Crippen LogP contribution in [0.3, 0.4) is 0 Å². The second kappa shape index (κ2) is 6.59. The molecule has 0 radical (unpaired) electrons. The third-order valence-electron chi connectivity index (χ3n) is 3.91. The topological polar surface area (TPSA) is 92.1 Å². The molecule has 2 aromatic rings. The molecule has 2 amide bonds. The van der Waals surface area contributed by atoms with Gasteiger partial charge in [-0.1, -0.05) is 0 Å². The first-order valence-electron chi connectivity index (χ1n) is 7.55. The van der Waals surface area contributed by atoms with Crippen LogP contribution in [-0.2, 0) is 7.05 Å². The van der Waals surface area contributed by atoms with Crippen molar-refractivity contribution in [1.29, 1.82) is 0 Å². The smallest absolute Gasteiger partial charge is 0.318 e. The van der Waals surface area contributed by atoms with Gasteiger partial charge in [0.15, 0.2) is 5.82 Å². The monoisotopic (exact) mass is 316 g/mol. The Hall–Kier alpha value is -2.71. The average molecular weight is 316 g/mol. The number of anilines is 1. The van der Waals surface area contributed by atoms with E-state index in [-0.39, 0.29) is 12.1 Å². The van der Waals surface area contributed by atoms with Gasteiger partial charge in [0.05, 0.1) is 12.2 Å². The Bertz CT molecular complexity index is 650. The van der Waals surface area contributed by atoms with E-state index in [1.807, 2.05) is 14.0 Å². The van der Waals surface area contributed by atoms with E-state index in [0.717, 1.165) is 24.7 Å². The summed E-state index contributed by atoms with van der Waals surface area (Å²) in [5.41, 5.74) is 0. The molecule has 1 fully saturated rings. The van der Waals surface area contributed by atoms with Crippen LogP contribution in [0.1, 0.15) is 18.8 Å². The number of nitrogens with zero attached hydrogens (tertiary/aromatic N) is 7. The normalized spacial score (nSPS) is 16.3. The molecule has 1 N–H and O–H groups in total. The van der Waals surface area contributed by atoms with E-state index in [1.54, 1.807) is 34.4 Å². The van der Waals surface area contributed by atoms with E-state index in [0.29, 0.717) is 13.1 Å². The molecule has 9 nitrogen and oxygen atoms in total. The summed E-state index contributed by atoms with van der Waals surface area (Å²) in [7, 11) is 1.86. The molecule has 0 saturated carbocycles. The van der Waals surface area contributed by atoms with Crippen LogP contribution in [0.5, 0.6) is 0 Å². The molecular formula is C14H20N8O. The summed E-state index contributed by atoms with van der Waals surface area (Å²) in [4.78, 5) is 24.7. The zero-order valence-corrected chi connectivity index (χ0v) is 13.3. The number of piperazine rings is 1. The maximum absolute atomic E-state index is 12.4. The molecule has 0 spiro atoms. The zero-order chi connectivity index (χ0) is 16.2. The van der Waals surface area contributed by atoms with Gasteiger partial charge < -0.3 is 19.7 Å². The fourth-order valence-electron chi connectivity index (χ4n) is 2.62. The van der Waals surface area contributed by atoms with E-state index in [4.69, 9.17) is 0 Å². The summed E-state index contributed by atoms with van der Waals surface area (Å²) in [5, 5.41) is 10.8. The Morgan fingerprint density at radius 3 is 2.65 bits per heavy atom. The Labute approximate surface area is 134 Å². The lowest BCUT2D eigenvalue weighted by atomic mass is 10.3. The number of hydrogen-bond acceptors (Lipinski definition) is 6. The molecule has 1 aliphatic heterocycles. The largest absolute Gasteiger partial charge is 0.352 e. The van der Waals surface area contributed by atoms with Crippen molar-refractivity contribution in [3.05, 3.63) is 30.7 Å². The van der Waals surface area contributed by atoms with Gasteiger partial charge in [-0.15, -0.1) is 10.2 Å². The van der Waals surface area contributed by atoms with Gasteiger partial charge in [-0.25, -0.2) is 9.78 Å². The fourth-order valence-corrected chi connectivity index (χ4v) is 2.62. The first-order valence-corrected chi connectivity index (χ1v) is 7.55. The predicted octanol–water partition coefficient (Wildman–Crippen LogP) is 0.198. The highest BCUT2D eigenvalue weighted by Gasteiger charge is 2.24. The van der Waals surface area contributed by atoms with E-state index in [1.165, 1.54) is 0 Å². The lowest BCUT2D eigenvalue weighted by molar-refractivity contribution is 0.190. The molecule has 122 valence electrons. The van der Waals surface area contributed by atoms with E-state index >= 15 is 0 Å². The molecule has 3 rings (SSSR count). The molecule has 3 heterocycles. The summed E-state index contributed by atoms with van der Waals surface area (Å²) in [6, 6.07) is -0.271. The number of carbonyl (C=O) groups excluding carboxylic acids is 1. The van der Waals surface area contributed by atoms with Crippen LogP contribution in [0.4, 0.5) is 10.6 Å². The second-order valence-corrected chi connectivity index (χ2v) is 5.51. The van der Waals surface area contributed by atoms with Gasteiger partial charge in [0.2, 0.25) is 0 Å². The lowest BCUT2D eigenvalue weighted by Crippen LogP contribution is -2.52. The minimum absolute atomic E-state index is 0.0840. The predicted molar refractivity (Wildman–Crippen MR) is 83.8 cm³/mol. The highest BCUT2D eigenvalue weighted by Crippen LogP contribution is 2.13. The highest BCUT2D eigenvalue weighted by atomic mass is 16.2. The number of aromatic nitrogens is 5. The van der Waals surface area contributed by atoms with E-state index in [2.05, 4.69) is 30.4 Å². The molecule has 0 aliphatic carbocycles. The second-order valence-electron chi connectivity index (χ2n) is 5.51. The molecule has 1 aliphatic rings. The van der Waals surface area contributed by atoms with Crippen LogP contribution in [0.15, 0.2) is 24.9 Å². The van der Waals surface area contributed by atoms with Crippen molar-refractivity contribution < 1.29 is 4.79 Å². The van der Waals surface area contributed by atoms with E-state index < -0.39 is 0 Å². The molecule has 23 heavy (non-hydrogen) atoms. The maximum atomic E-state index is 12.4. The van der Waals surface area contributed by atoms with Gasteiger partial charge in [0.25, 0.3) is 0 Å². The molecule has 1 unspecified atom stereocenters. The van der Waals surface area contributed by atoms with Crippen molar-refractivity contribution >= 4 is 11.8 Å². The van der Waals surface area contributed by atoms with Gasteiger partial charge in [0.1, 0.15) is 12.1 Å². The lowest BCUT2D eigenvalue weighted by Gasteiger charge is -2.35. The highest BCUT2D eigenvalue weighted by molar-refractivity contribution is 5.75. The Balaban J connectivity index is 1.53. The van der Waals surface area contributed by atoms with Gasteiger partial charge in [-0.3, -0.25) is 4.98 Å². The quantitative estimate of drug-likeness (QED) is 0.869. The number of nitrogens with one attached hydrogen (secondary N) is 1. The van der Waals surface area contributed by atoms with Crippen LogP contribution in [0, 0.1) is 0 Å². The molecule has 2 aromatic heterocycles. The average Bonchev–Trinajstić information content (AvgIpc) is 3.02. The minimum atomic E-state index is -0.187. The van der Waals surface area contributed by atoms with Crippen molar-refractivity contribution in [3.8, 4) is 0 Å². The molecular weight excluding hydrogens is 296 g/mol. The van der Waals surface area contributed by atoms with Crippen LogP contribution in [0.25, 0.3) is 0 Å².